The van der Waals surface area contributed by atoms with E-state index in [2.05, 4.69) is 11.4 Å². The third-order valence-electron chi connectivity index (χ3n) is 5.12. The standard InChI is InChI=1S/C26H28N2O4/c1-29-13-12-28-17-24-25(30-2)14-21(15-26(24)31-3)32-18-20-9-5-7-11-23(20)22-10-6-4-8-19(22)16-27/h4-11,14-15,28H,12-13,17-18H2,1-3H3. The Hall–Kier alpha value is -3.53. The number of nitrogens with zero attached hydrogens (tertiary/aromatic N) is 1. The molecule has 0 spiro atoms. The minimum Gasteiger partial charge on any atom is -0.496 e. The van der Waals surface area contributed by atoms with Crippen LogP contribution in [0, 0.1) is 11.3 Å². The first kappa shape index (κ1) is 23.1. The highest BCUT2D eigenvalue weighted by molar-refractivity contribution is 5.73. The van der Waals surface area contributed by atoms with E-state index in [1.54, 1.807) is 21.3 Å². The van der Waals surface area contributed by atoms with Crippen molar-refractivity contribution in [2.75, 3.05) is 34.5 Å². The summed E-state index contributed by atoms with van der Waals surface area (Å²) in [5, 5.41) is 12.8. The molecule has 1 N–H and O–H groups in total. The van der Waals surface area contributed by atoms with Gasteiger partial charge in [-0.2, -0.15) is 5.26 Å². The van der Waals surface area contributed by atoms with Gasteiger partial charge in [-0.3, -0.25) is 0 Å². The molecule has 0 atom stereocenters. The number of ether oxygens (including phenoxy) is 4. The number of methoxy groups -OCH3 is 3. The normalized spacial score (nSPS) is 10.4. The highest BCUT2D eigenvalue weighted by Gasteiger charge is 2.14. The second-order valence-corrected chi connectivity index (χ2v) is 7.08. The first-order valence-electron chi connectivity index (χ1n) is 10.4. The average Bonchev–Trinajstić information content (AvgIpc) is 2.85. The van der Waals surface area contributed by atoms with Crippen LogP contribution in [0.15, 0.2) is 60.7 Å². The average molecular weight is 433 g/mol. The summed E-state index contributed by atoms with van der Waals surface area (Å²) < 4.78 is 22.4. The first-order valence-corrected chi connectivity index (χ1v) is 10.4. The zero-order valence-electron chi connectivity index (χ0n) is 18.7. The van der Waals surface area contributed by atoms with Crippen molar-refractivity contribution >= 4 is 0 Å². The molecule has 0 aliphatic carbocycles. The second kappa shape index (κ2) is 11.8. The van der Waals surface area contributed by atoms with Crippen LogP contribution in [0.4, 0.5) is 0 Å². The Kier molecular flexibility index (Phi) is 8.50. The Morgan fingerprint density at radius 2 is 1.53 bits per heavy atom. The molecule has 0 saturated carbocycles. The van der Waals surface area contributed by atoms with Gasteiger partial charge in [0.05, 0.1) is 38.0 Å². The van der Waals surface area contributed by atoms with Crippen LogP contribution in [0.1, 0.15) is 16.7 Å². The monoisotopic (exact) mass is 432 g/mol. The van der Waals surface area contributed by atoms with Gasteiger partial charge in [0.25, 0.3) is 0 Å². The summed E-state index contributed by atoms with van der Waals surface area (Å²) in [5.74, 6) is 2.02. The molecule has 0 unspecified atom stereocenters. The maximum Gasteiger partial charge on any atom is 0.130 e. The third kappa shape index (κ3) is 5.58. The summed E-state index contributed by atoms with van der Waals surface area (Å²) in [4.78, 5) is 0. The molecular weight excluding hydrogens is 404 g/mol. The molecule has 0 amide bonds. The quantitative estimate of drug-likeness (QED) is 0.448. The van der Waals surface area contributed by atoms with Crippen LogP contribution in [0.3, 0.4) is 0 Å². The smallest absolute Gasteiger partial charge is 0.130 e. The van der Waals surface area contributed by atoms with E-state index in [0.717, 1.165) is 28.8 Å². The summed E-state index contributed by atoms with van der Waals surface area (Å²) in [7, 11) is 4.93. The molecule has 0 aliphatic heterocycles. The molecular formula is C26H28N2O4. The SMILES string of the molecule is COCCNCc1c(OC)cc(OCc2ccccc2-c2ccccc2C#N)cc1OC. The molecule has 0 heterocycles. The molecule has 0 bridgehead atoms. The molecule has 32 heavy (non-hydrogen) atoms. The van der Waals surface area contributed by atoms with Crippen LogP contribution in [-0.2, 0) is 17.9 Å². The van der Waals surface area contributed by atoms with Crippen molar-refractivity contribution in [1.82, 2.24) is 5.32 Å². The minimum absolute atomic E-state index is 0.341. The van der Waals surface area contributed by atoms with Crippen LogP contribution in [0.25, 0.3) is 11.1 Å². The third-order valence-corrected chi connectivity index (χ3v) is 5.12. The lowest BCUT2D eigenvalue weighted by Crippen LogP contribution is -2.19. The molecule has 0 aliphatic rings. The predicted molar refractivity (Wildman–Crippen MR) is 124 cm³/mol. The van der Waals surface area contributed by atoms with Gasteiger partial charge in [0.1, 0.15) is 23.9 Å². The van der Waals surface area contributed by atoms with Gasteiger partial charge in [-0.15, -0.1) is 0 Å². The lowest BCUT2D eigenvalue weighted by Gasteiger charge is -2.17. The van der Waals surface area contributed by atoms with E-state index >= 15 is 0 Å². The molecule has 3 rings (SSSR count). The first-order chi connectivity index (χ1) is 15.7. The Balaban J connectivity index is 1.83. The minimum atomic E-state index is 0.341. The van der Waals surface area contributed by atoms with E-state index in [1.165, 1.54) is 0 Å². The number of nitrogens with one attached hydrogen (secondary N) is 1. The van der Waals surface area contributed by atoms with Gasteiger partial charge in [0.15, 0.2) is 0 Å². The Morgan fingerprint density at radius 1 is 0.875 bits per heavy atom. The van der Waals surface area contributed by atoms with Crippen molar-refractivity contribution < 1.29 is 18.9 Å². The molecule has 0 fully saturated rings. The maximum atomic E-state index is 9.49. The van der Waals surface area contributed by atoms with Crippen molar-refractivity contribution in [1.29, 1.82) is 5.26 Å². The van der Waals surface area contributed by atoms with Crippen molar-refractivity contribution in [3.05, 3.63) is 77.4 Å². The van der Waals surface area contributed by atoms with Gasteiger partial charge in [-0.25, -0.2) is 0 Å². The lowest BCUT2D eigenvalue weighted by molar-refractivity contribution is 0.199. The fourth-order valence-electron chi connectivity index (χ4n) is 3.49. The van der Waals surface area contributed by atoms with E-state index in [-0.39, 0.29) is 0 Å². The van der Waals surface area contributed by atoms with E-state index in [9.17, 15) is 5.26 Å². The van der Waals surface area contributed by atoms with Gasteiger partial charge >= 0.3 is 0 Å². The van der Waals surface area contributed by atoms with Crippen molar-refractivity contribution in [2.45, 2.75) is 13.2 Å². The van der Waals surface area contributed by atoms with Gasteiger partial charge < -0.3 is 24.3 Å². The summed E-state index contributed by atoms with van der Waals surface area (Å²) in [6.45, 7) is 2.28. The number of nitriles is 1. The fraction of sp³-hybridized carbons (Fsp3) is 0.269. The van der Waals surface area contributed by atoms with Crippen LogP contribution in [0.5, 0.6) is 17.2 Å². The van der Waals surface area contributed by atoms with E-state index in [0.29, 0.717) is 42.6 Å². The number of hydrogen-bond acceptors (Lipinski definition) is 6. The van der Waals surface area contributed by atoms with E-state index < -0.39 is 0 Å². The molecule has 6 nitrogen and oxygen atoms in total. The Bertz CT molecular complexity index is 1050. The molecule has 3 aromatic carbocycles. The zero-order valence-corrected chi connectivity index (χ0v) is 18.7. The Labute approximate surface area is 189 Å². The lowest BCUT2D eigenvalue weighted by atomic mass is 9.96. The number of rotatable bonds is 11. The van der Waals surface area contributed by atoms with Gasteiger partial charge in [-0.05, 0) is 22.8 Å². The van der Waals surface area contributed by atoms with Crippen molar-refractivity contribution in [2.24, 2.45) is 0 Å². The second-order valence-electron chi connectivity index (χ2n) is 7.08. The largest absolute Gasteiger partial charge is 0.496 e. The summed E-state index contributed by atoms with van der Waals surface area (Å²) in [6.07, 6.45) is 0. The van der Waals surface area contributed by atoms with E-state index in [1.807, 2.05) is 60.7 Å². The number of hydrogen-bond donors (Lipinski definition) is 1. The highest BCUT2D eigenvalue weighted by atomic mass is 16.5. The van der Waals surface area contributed by atoms with Crippen LogP contribution in [-0.4, -0.2) is 34.5 Å². The maximum absolute atomic E-state index is 9.49. The molecule has 166 valence electrons. The topological polar surface area (TPSA) is 72.7 Å². The predicted octanol–water partition coefficient (Wildman–Crippen LogP) is 4.56. The Morgan fingerprint density at radius 3 is 2.19 bits per heavy atom. The summed E-state index contributed by atoms with van der Waals surface area (Å²) in [5.41, 5.74) is 4.40. The molecule has 6 heteroatoms. The molecule has 0 radical (unpaired) electrons. The van der Waals surface area contributed by atoms with Crippen molar-refractivity contribution in [3.63, 3.8) is 0 Å². The van der Waals surface area contributed by atoms with Gasteiger partial charge in [0.2, 0.25) is 0 Å². The number of benzene rings is 3. The van der Waals surface area contributed by atoms with Gasteiger partial charge in [0, 0.05) is 32.3 Å². The fourth-order valence-corrected chi connectivity index (χ4v) is 3.49. The molecule has 3 aromatic rings. The molecule has 0 saturated heterocycles. The summed E-state index contributed by atoms with van der Waals surface area (Å²) in [6, 6.07) is 21.5. The van der Waals surface area contributed by atoms with Gasteiger partial charge in [-0.1, -0.05) is 42.5 Å². The van der Waals surface area contributed by atoms with Crippen LogP contribution >= 0.6 is 0 Å². The van der Waals surface area contributed by atoms with E-state index in [4.69, 9.17) is 18.9 Å². The molecule has 0 aromatic heterocycles. The van der Waals surface area contributed by atoms with Crippen molar-refractivity contribution in [3.8, 4) is 34.4 Å². The van der Waals surface area contributed by atoms with Crippen LogP contribution < -0.4 is 19.5 Å². The summed E-state index contributed by atoms with van der Waals surface area (Å²) >= 11 is 0. The zero-order chi connectivity index (χ0) is 22.8. The van der Waals surface area contributed by atoms with Crippen LogP contribution in [0.2, 0.25) is 0 Å². The highest BCUT2D eigenvalue weighted by Crippen LogP contribution is 2.35.